The molecule has 2 amide bonds. The fraction of sp³-hybridized carbons (Fsp3) is 0.467. The van der Waals surface area contributed by atoms with Crippen molar-refractivity contribution in [1.82, 2.24) is 4.90 Å². The van der Waals surface area contributed by atoms with Gasteiger partial charge >= 0.3 is 0 Å². The normalized spacial score (nSPS) is 16.0. The molecule has 1 aromatic carbocycles. The average Bonchev–Trinajstić information content (AvgIpc) is 2.53. The summed E-state index contributed by atoms with van der Waals surface area (Å²) in [6, 6.07) is 6.37. The number of ether oxygens (including phenoxy) is 1. The predicted octanol–water partition coefficient (Wildman–Crippen LogP) is 0.399. The molecule has 0 radical (unpaired) electrons. The maximum atomic E-state index is 12.3. The second kappa shape index (κ2) is 7.19. The van der Waals surface area contributed by atoms with E-state index in [4.69, 9.17) is 15.6 Å². The first-order valence-corrected chi connectivity index (χ1v) is 7.03. The molecule has 0 bridgehead atoms. The van der Waals surface area contributed by atoms with Crippen LogP contribution in [0.15, 0.2) is 24.3 Å². The molecule has 0 aliphatic carbocycles. The van der Waals surface area contributed by atoms with Crippen LogP contribution in [-0.4, -0.2) is 54.2 Å². The van der Waals surface area contributed by atoms with Crippen LogP contribution in [0.2, 0.25) is 0 Å². The first-order chi connectivity index (χ1) is 10.1. The van der Waals surface area contributed by atoms with Crippen molar-refractivity contribution in [2.45, 2.75) is 18.9 Å². The number of nitrogens with two attached hydrogens (primary N) is 1. The van der Waals surface area contributed by atoms with Crippen LogP contribution in [0.1, 0.15) is 33.6 Å². The molecule has 0 saturated carbocycles. The van der Waals surface area contributed by atoms with E-state index in [0.717, 1.165) is 12.8 Å². The van der Waals surface area contributed by atoms with Crippen LogP contribution < -0.4 is 5.73 Å². The molecule has 1 aromatic rings. The third kappa shape index (κ3) is 4.03. The molecule has 1 fully saturated rings. The van der Waals surface area contributed by atoms with Gasteiger partial charge in [0, 0.05) is 24.2 Å². The van der Waals surface area contributed by atoms with E-state index < -0.39 is 5.91 Å². The Balaban J connectivity index is 1.91. The summed E-state index contributed by atoms with van der Waals surface area (Å²) < 4.78 is 5.47. The highest BCUT2D eigenvalue weighted by molar-refractivity contribution is 5.97. The minimum absolute atomic E-state index is 0.0192. The van der Waals surface area contributed by atoms with E-state index in [0.29, 0.717) is 30.8 Å². The molecule has 1 heterocycles. The average molecular weight is 292 g/mol. The Morgan fingerprint density at radius 1 is 1.19 bits per heavy atom. The maximum Gasteiger partial charge on any atom is 0.253 e. The second-order valence-corrected chi connectivity index (χ2v) is 5.03. The zero-order chi connectivity index (χ0) is 15.2. The van der Waals surface area contributed by atoms with Crippen molar-refractivity contribution in [3.63, 3.8) is 0 Å². The number of nitrogens with zero attached hydrogens (tertiary/aromatic N) is 1. The summed E-state index contributed by atoms with van der Waals surface area (Å²) in [5.74, 6) is -0.553. The molecule has 0 atom stereocenters. The van der Waals surface area contributed by atoms with Crippen LogP contribution in [0.4, 0.5) is 0 Å². The molecule has 1 aliphatic rings. The van der Waals surface area contributed by atoms with Crippen LogP contribution >= 0.6 is 0 Å². The number of aliphatic hydroxyl groups excluding tert-OH is 1. The number of hydrogen-bond acceptors (Lipinski definition) is 4. The van der Waals surface area contributed by atoms with Gasteiger partial charge in [-0.15, -0.1) is 0 Å². The van der Waals surface area contributed by atoms with E-state index in [1.54, 1.807) is 29.2 Å². The summed E-state index contributed by atoms with van der Waals surface area (Å²) in [6.07, 6.45) is 1.65. The van der Waals surface area contributed by atoms with Crippen molar-refractivity contribution in [2.75, 3.05) is 26.3 Å². The lowest BCUT2D eigenvalue weighted by atomic mass is 10.1. The lowest BCUT2D eigenvalue weighted by molar-refractivity contribution is -0.00554. The van der Waals surface area contributed by atoms with Gasteiger partial charge in [-0.25, -0.2) is 0 Å². The molecule has 6 nitrogen and oxygen atoms in total. The highest BCUT2D eigenvalue weighted by atomic mass is 16.5. The number of piperidine rings is 1. The third-order valence-corrected chi connectivity index (χ3v) is 3.59. The number of rotatable bonds is 5. The number of primary amides is 1. The lowest BCUT2D eigenvalue weighted by Gasteiger charge is -2.32. The summed E-state index contributed by atoms with van der Waals surface area (Å²) in [5, 5.41) is 8.72. The minimum atomic E-state index is -0.504. The number of carbonyl (C=O) groups is 2. The Bertz CT molecular complexity index is 493. The molecule has 0 aromatic heterocycles. The molecule has 0 unspecified atom stereocenters. The zero-order valence-electron chi connectivity index (χ0n) is 11.8. The molecular formula is C15H20N2O4. The van der Waals surface area contributed by atoms with Crippen molar-refractivity contribution in [1.29, 1.82) is 0 Å². The molecule has 2 rings (SSSR count). The molecule has 6 heteroatoms. The first kappa shape index (κ1) is 15.5. The van der Waals surface area contributed by atoms with Gasteiger partial charge in [-0.1, -0.05) is 0 Å². The first-order valence-electron chi connectivity index (χ1n) is 7.03. The number of likely N-dealkylation sites (tertiary alicyclic amines) is 1. The van der Waals surface area contributed by atoms with E-state index >= 15 is 0 Å². The zero-order valence-corrected chi connectivity index (χ0v) is 11.8. The number of amides is 2. The van der Waals surface area contributed by atoms with Gasteiger partial charge in [0.2, 0.25) is 5.91 Å². The summed E-state index contributed by atoms with van der Waals surface area (Å²) in [4.78, 5) is 25.1. The summed E-state index contributed by atoms with van der Waals surface area (Å²) in [6.45, 7) is 1.62. The fourth-order valence-corrected chi connectivity index (χ4v) is 2.40. The van der Waals surface area contributed by atoms with Gasteiger partial charge < -0.3 is 20.5 Å². The van der Waals surface area contributed by atoms with Crippen molar-refractivity contribution < 1.29 is 19.4 Å². The SMILES string of the molecule is NC(=O)c1ccc(C(=O)N2CCC(OCCO)CC2)cc1. The number of benzene rings is 1. The maximum absolute atomic E-state index is 12.3. The smallest absolute Gasteiger partial charge is 0.253 e. The van der Waals surface area contributed by atoms with E-state index in [2.05, 4.69) is 0 Å². The van der Waals surface area contributed by atoms with Crippen molar-refractivity contribution in [2.24, 2.45) is 5.73 Å². The molecule has 21 heavy (non-hydrogen) atoms. The van der Waals surface area contributed by atoms with Gasteiger partial charge in [0.25, 0.3) is 5.91 Å². The summed E-state index contributed by atoms with van der Waals surface area (Å²) in [7, 11) is 0. The Kier molecular flexibility index (Phi) is 5.30. The van der Waals surface area contributed by atoms with Crippen molar-refractivity contribution in [3.05, 3.63) is 35.4 Å². The Hall–Kier alpha value is -1.92. The van der Waals surface area contributed by atoms with Gasteiger partial charge in [-0.2, -0.15) is 0 Å². The van der Waals surface area contributed by atoms with Crippen LogP contribution in [0.3, 0.4) is 0 Å². The number of carbonyl (C=O) groups excluding carboxylic acids is 2. The van der Waals surface area contributed by atoms with Gasteiger partial charge in [-0.05, 0) is 37.1 Å². The van der Waals surface area contributed by atoms with Gasteiger partial charge in [0.05, 0.1) is 19.3 Å². The fourth-order valence-electron chi connectivity index (χ4n) is 2.40. The van der Waals surface area contributed by atoms with E-state index in [9.17, 15) is 9.59 Å². The highest BCUT2D eigenvalue weighted by Gasteiger charge is 2.23. The molecule has 1 aliphatic heterocycles. The quantitative estimate of drug-likeness (QED) is 0.821. The van der Waals surface area contributed by atoms with E-state index in [1.165, 1.54) is 0 Å². The Labute approximate surface area is 123 Å². The monoisotopic (exact) mass is 292 g/mol. The Morgan fingerprint density at radius 2 is 1.76 bits per heavy atom. The number of hydrogen-bond donors (Lipinski definition) is 2. The molecule has 1 saturated heterocycles. The molecule has 3 N–H and O–H groups in total. The lowest BCUT2D eigenvalue weighted by Crippen LogP contribution is -2.41. The van der Waals surface area contributed by atoms with Gasteiger partial charge in [-0.3, -0.25) is 9.59 Å². The summed E-state index contributed by atoms with van der Waals surface area (Å²) in [5.41, 5.74) is 6.11. The predicted molar refractivity (Wildman–Crippen MR) is 76.9 cm³/mol. The molecular weight excluding hydrogens is 272 g/mol. The van der Waals surface area contributed by atoms with E-state index in [1.807, 2.05) is 0 Å². The largest absolute Gasteiger partial charge is 0.394 e. The number of aliphatic hydroxyl groups is 1. The molecule has 0 spiro atoms. The van der Waals surface area contributed by atoms with Crippen molar-refractivity contribution >= 4 is 11.8 Å². The van der Waals surface area contributed by atoms with Crippen LogP contribution in [-0.2, 0) is 4.74 Å². The Morgan fingerprint density at radius 3 is 2.29 bits per heavy atom. The van der Waals surface area contributed by atoms with Crippen LogP contribution in [0.25, 0.3) is 0 Å². The van der Waals surface area contributed by atoms with Crippen molar-refractivity contribution in [3.8, 4) is 0 Å². The van der Waals surface area contributed by atoms with Gasteiger partial charge in [0.15, 0.2) is 0 Å². The highest BCUT2D eigenvalue weighted by Crippen LogP contribution is 2.16. The summed E-state index contributed by atoms with van der Waals surface area (Å²) >= 11 is 0. The minimum Gasteiger partial charge on any atom is -0.394 e. The topological polar surface area (TPSA) is 92.9 Å². The molecule has 114 valence electrons. The van der Waals surface area contributed by atoms with E-state index in [-0.39, 0.29) is 18.6 Å². The van der Waals surface area contributed by atoms with Gasteiger partial charge in [0.1, 0.15) is 0 Å². The second-order valence-electron chi connectivity index (χ2n) is 5.03. The third-order valence-electron chi connectivity index (χ3n) is 3.59. The standard InChI is InChI=1S/C15H20N2O4/c16-14(19)11-1-3-12(4-2-11)15(20)17-7-5-13(6-8-17)21-10-9-18/h1-4,13,18H,5-10H2,(H2,16,19). The van der Waals surface area contributed by atoms with Crippen LogP contribution in [0, 0.1) is 0 Å². The van der Waals surface area contributed by atoms with Crippen LogP contribution in [0.5, 0.6) is 0 Å².